The van der Waals surface area contributed by atoms with Crippen LogP contribution in [0.1, 0.15) is 30.9 Å². The molecule has 0 bridgehead atoms. The number of nitrogens with zero attached hydrogens (tertiary/aromatic N) is 4. The van der Waals surface area contributed by atoms with Gasteiger partial charge in [0.05, 0.1) is 12.6 Å². The third-order valence-electron chi connectivity index (χ3n) is 4.25. The summed E-state index contributed by atoms with van der Waals surface area (Å²) in [5, 5.41) is 14.6. The fourth-order valence-electron chi connectivity index (χ4n) is 3.09. The number of hydrogen-bond donors (Lipinski definition) is 1. The molecule has 3 rings (SSSR count). The van der Waals surface area contributed by atoms with Crippen LogP contribution in [0.3, 0.4) is 0 Å². The van der Waals surface area contributed by atoms with Crippen molar-refractivity contribution in [2.75, 3.05) is 13.1 Å². The predicted octanol–water partition coefficient (Wildman–Crippen LogP) is 2.01. The number of rotatable bonds is 5. The molecule has 1 aromatic heterocycles. The Morgan fingerprint density at radius 3 is 3.05 bits per heavy atom. The van der Waals surface area contributed by atoms with Crippen molar-refractivity contribution in [2.45, 2.75) is 38.0 Å². The molecule has 5 nitrogen and oxygen atoms in total. The van der Waals surface area contributed by atoms with E-state index in [4.69, 9.17) is 0 Å². The van der Waals surface area contributed by atoms with Gasteiger partial charge in [0.2, 0.25) is 0 Å². The van der Waals surface area contributed by atoms with Crippen molar-refractivity contribution in [1.29, 1.82) is 0 Å². The maximum Gasteiger partial charge on any atom is 0.137 e. The Hall–Kier alpha value is -1.79. The van der Waals surface area contributed by atoms with Crippen molar-refractivity contribution in [3.63, 3.8) is 0 Å². The fourth-order valence-corrected chi connectivity index (χ4v) is 3.09. The summed E-state index contributed by atoms with van der Waals surface area (Å²) in [4.78, 5) is 6.25. The van der Waals surface area contributed by atoms with Crippen LogP contribution < -0.4 is 0 Å². The van der Waals surface area contributed by atoms with E-state index in [1.807, 2.05) is 4.68 Å². The van der Waals surface area contributed by atoms with E-state index in [1.54, 1.807) is 18.5 Å². The van der Waals surface area contributed by atoms with Crippen LogP contribution in [0.2, 0.25) is 0 Å². The number of β-amino-alcohol motifs (C(OH)–C–C–N with tert-alkyl or cyclic N) is 1. The molecular formula is C16H21FN4O. The number of aliphatic hydroxyl groups is 1. The number of aromatic nitrogens is 3. The molecule has 0 amide bonds. The van der Waals surface area contributed by atoms with Gasteiger partial charge < -0.3 is 5.11 Å². The highest BCUT2D eigenvalue weighted by Gasteiger charge is 2.25. The number of benzene rings is 1. The Balaban J connectivity index is 1.65. The fraction of sp³-hybridized carbons (Fsp3) is 0.500. The minimum absolute atomic E-state index is 0.311. The maximum absolute atomic E-state index is 13.3. The second-order valence-corrected chi connectivity index (χ2v) is 5.83. The molecule has 22 heavy (non-hydrogen) atoms. The first-order valence-corrected chi connectivity index (χ1v) is 7.72. The lowest BCUT2D eigenvalue weighted by Gasteiger charge is -2.36. The Kier molecular flexibility index (Phi) is 4.80. The largest absolute Gasteiger partial charge is 0.387 e. The normalized spacial score (nSPS) is 20.9. The van der Waals surface area contributed by atoms with E-state index in [-0.39, 0.29) is 5.82 Å². The van der Waals surface area contributed by atoms with E-state index in [1.165, 1.54) is 24.9 Å². The van der Waals surface area contributed by atoms with Gasteiger partial charge >= 0.3 is 0 Å². The lowest BCUT2D eigenvalue weighted by atomic mass is 10.00. The molecule has 6 heteroatoms. The number of likely N-dealkylation sites (tertiary alicyclic amines) is 1. The van der Waals surface area contributed by atoms with E-state index in [9.17, 15) is 9.50 Å². The highest BCUT2D eigenvalue weighted by Crippen LogP contribution is 2.23. The third kappa shape index (κ3) is 3.69. The van der Waals surface area contributed by atoms with Gasteiger partial charge in [-0.25, -0.2) is 9.37 Å². The Labute approximate surface area is 129 Å². The summed E-state index contributed by atoms with van der Waals surface area (Å²) >= 11 is 0. The second kappa shape index (κ2) is 6.98. The first-order valence-electron chi connectivity index (χ1n) is 7.72. The molecule has 2 heterocycles. The Bertz CT molecular complexity index is 590. The molecule has 2 atom stereocenters. The van der Waals surface area contributed by atoms with Crippen LogP contribution in [0.15, 0.2) is 36.9 Å². The lowest BCUT2D eigenvalue weighted by Crippen LogP contribution is -2.44. The SMILES string of the molecule is O[C@H](CN1CCCC[C@@H]1Cn1cncn1)c1cccc(F)c1. The molecule has 1 aliphatic heterocycles. The summed E-state index contributed by atoms with van der Waals surface area (Å²) < 4.78 is 15.1. The van der Waals surface area contributed by atoms with E-state index >= 15 is 0 Å². The third-order valence-corrected chi connectivity index (χ3v) is 4.25. The number of hydrogen-bond acceptors (Lipinski definition) is 4. The van der Waals surface area contributed by atoms with Crippen LogP contribution >= 0.6 is 0 Å². The zero-order chi connectivity index (χ0) is 15.4. The minimum Gasteiger partial charge on any atom is -0.387 e. The molecular weight excluding hydrogens is 283 g/mol. The summed E-state index contributed by atoms with van der Waals surface area (Å²) in [6.07, 6.45) is 5.97. The summed E-state index contributed by atoms with van der Waals surface area (Å²) in [5.74, 6) is -0.311. The zero-order valence-corrected chi connectivity index (χ0v) is 12.5. The summed E-state index contributed by atoms with van der Waals surface area (Å²) in [6.45, 7) is 2.24. The van der Waals surface area contributed by atoms with Crippen molar-refractivity contribution >= 4 is 0 Å². The summed E-state index contributed by atoms with van der Waals surface area (Å²) in [5.41, 5.74) is 0.630. The highest BCUT2D eigenvalue weighted by atomic mass is 19.1. The molecule has 1 saturated heterocycles. The van der Waals surface area contributed by atoms with Crippen molar-refractivity contribution in [2.24, 2.45) is 0 Å². The van der Waals surface area contributed by atoms with Gasteiger partial charge in [0.15, 0.2) is 0 Å². The van der Waals surface area contributed by atoms with Crippen molar-refractivity contribution in [1.82, 2.24) is 19.7 Å². The van der Waals surface area contributed by atoms with Gasteiger partial charge in [0.25, 0.3) is 0 Å². The molecule has 1 aromatic carbocycles. The number of halogens is 1. The molecule has 0 aliphatic carbocycles. The quantitative estimate of drug-likeness (QED) is 0.918. The molecule has 2 aromatic rings. The second-order valence-electron chi connectivity index (χ2n) is 5.83. The lowest BCUT2D eigenvalue weighted by molar-refractivity contribution is 0.0589. The predicted molar refractivity (Wildman–Crippen MR) is 80.6 cm³/mol. The molecule has 1 N–H and O–H groups in total. The monoisotopic (exact) mass is 304 g/mol. The molecule has 0 spiro atoms. The number of aliphatic hydroxyl groups excluding tert-OH is 1. The van der Waals surface area contributed by atoms with E-state index in [2.05, 4.69) is 15.0 Å². The van der Waals surface area contributed by atoms with E-state index < -0.39 is 6.10 Å². The van der Waals surface area contributed by atoms with Gasteiger partial charge in [0.1, 0.15) is 18.5 Å². The van der Waals surface area contributed by atoms with Crippen LogP contribution in [0.5, 0.6) is 0 Å². The van der Waals surface area contributed by atoms with Gasteiger partial charge in [-0.05, 0) is 37.1 Å². The van der Waals surface area contributed by atoms with Crippen molar-refractivity contribution in [3.05, 3.63) is 48.3 Å². The minimum atomic E-state index is -0.674. The van der Waals surface area contributed by atoms with Gasteiger partial charge in [-0.15, -0.1) is 0 Å². The molecule has 1 fully saturated rings. The molecule has 0 unspecified atom stereocenters. The smallest absolute Gasteiger partial charge is 0.137 e. The molecule has 118 valence electrons. The zero-order valence-electron chi connectivity index (χ0n) is 12.5. The maximum atomic E-state index is 13.3. The van der Waals surface area contributed by atoms with Crippen molar-refractivity contribution in [3.8, 4) is 0 Å². The molecule has 1 aliphatic rings. The van der Waals surface area contributed by atoms with Crippen LogP contribution in [0.4, 0.5) is 4.39 Å². The number of piperidine rings is 1. The molecule has 0 radical (unpaired) electrons. The van der Waals surface area contributed by atoms with Gasteiger partial charge in [-0.1, -0.05) is 18.6 Å². The van der Waals surface area contributed by atoms with Crippen LogP contribution in [-0.2, 0) is 6.54 Å². The topological polar surface area (TPSA) is 54.2 Å². The summed E-state index contributed by atoms with van der Waals surface area (Å²) in [7, 11) is 0. The van der Waals surface area contributed by atoms with E-state index in [0.29, 0.717) is 18.2 Å². The average molecular weight is 304 g/mol. The van der Waals surface area contributed by atoms with E-state index in [0.717, 1.165) is 25.9 Å². The van der Waals surface area contributed by atoms with Gasteiger partial charge in [-0.3, -0.25) is 9.58 Å². The first-order chi connectivity index (χ1) is 10.7. The highest BCUT2D eigenvalue weighted by molar-refractivity contribution is 5.19. The molecule has 0 saturated carbocycles. The first kappa shape index (κ1) is 15.1. The summed E-state index contributed by atoms with van der Waals surface area (Å²) in [6, 6.07) is 6.53. The van der Waals surface area contributed by atoms with Crippen LogP contribution in [0.25, 0.3) is 0 Å². The average Bonchev–Trinajstić information content (AvgIpc) is 3.02. The van der Waals surface area contributed by atoms with Crippen molar-refractivity contribution < 1.29 is 9.50 Å². The Morgan fingerprint density at radius 2 is 2.27 bits per heavy atom. The Morgan fingerprint density at radius 1 is 1.36 bits per heavy atom. The van der Waals surface area contributed by atoms with Gasteiger partial charge in [0, 0.05) is 12.6 Å². The standard InChI is InChI=1S/C16H21FN4O/c17-14-5-3-4-13(8-14)16(22)10-20-7-2-1-6-15(20)9-21-12-18-11-19-21/h3-5,8,11-12,15-16,22H,1-2,6-7,9-10H2/t15-,16-/m1/s1. The van der Waals surface area contributed by atoms with Crippen LogP contribution in [0, 0.1) is 5.82 Å². The van der Waals surface area contributed by atoms with Crippen LogP contribution in [-0.4, -0.2) is 43.9 Å². The van der Waals surface area contributed by atoms with Gasteiger partial charge in [-0.2, -0.15) is 5.10 Å².